The van der Waals surface area contributed by atoms with E-state index in [-0.39, 0.29) is 5.91 Å². The maximum absolute atomic E-state index is 13.0. The highest BCUT2D eigenvalue weighted by Crippen LogP contribution is 2.19. The Bertz CT molecular complexity index is 990. The molecule has 2 aromatic carbocycles. The molecule has 2 heterocycles. The SMILES string of the molecule is CCn1nnnc1-c1cccc(C(=O)N2CCN(Cc3ccccc3C)CC2)c1. The summed E-state index contributed by atoms with van der Waals surface area (Å²) in [5.74, 6) is 0.753. The Morgan fingerprint density at radius 2 is 1.83 bits per heavy atom. The highest BCUT2D eigenvalue weighted by Gasteiger charge is 2.23. The zero-order valence-electron chi connectivity index (χ0n) is 17.0. The molecule has 1 aromatic heterocycles. The fourth-order valence-corrected chi connectivity index (χ4v) is 3.74. The molecule has 29 heavy (non-hydrogen) atoms. The molecule has 1 fully saturated rings. The van der Waals surface area contributed by atoms with E-state index in [0.29, 0.717) is 17.9 Å². The van der Waals surface area contributed by atoms with Gasteiger partial charge in [-0.1, -0.05) is 36.4 Å². The summed E-state index contributed by atoms with van der Waals surface area (Å²) in [5.41, 5.74) is 4.22. The Hall–Kier alpha value is -3.06. The predicted octanol–water partition coefficient (Wildman–Crippen LogP) is 2.63. The van der Waals surface area contributed by atoms with Crippen LogP contribution in [-0.2, 0) is 13.1 Å². The first-order chi connectivity index (χ1) is 14.2. The van der Waals surface area contributed by atoms with Crippen LogP contribution in [0.4, 0.5) is 0 Å². The molecule has 1 saturated heterocycles. The van der Waals surface area contributed by atoms with Crippen molar-refractivity contribution >= 4 is 5.91 Å². The third kappa shape index (κ3) is 4.19. The molecule has 1 aliphatic heterocycles. The first kappa shape index (κ1) is 19.3. The van der Waals surface area contributed by atoms with Crippen LogP contribution in [-0.4, -0.2) is 62.1 Å². The Morgan fingerprint density at radius 3 is 2.59 bits per heavy atom. The maximum atomic E-state index is 13.0. The van der Waals surface area contributed by atoms with Crippen LogP contribution in [0.2, 0.25) is 0 Å². The van der Waals surface area contributed by atoms with E-state index in [1.165, 1.54) is 11.1 Å². The van der Waals surface area contributed by atoms with Crippen LogP contribution in [0, 0.1) is 6.92 Å². The number of tetrazole rings is 1. The van der Waals surface area contributed by atoms with Crippen molar-refractivity contribution in [3.8, 4) is 11.4 Å². The van der Waals surface area contributed by atoms with Gasteiger partial charge in [0.05, 0.1) is 0 Å². The number of nitrogens with zero attached hydrogens (tertiary/aromatic N) is 6. The van der Waals surface area contributed by atoms with Gasteiger partial charge in [-0.15, -0.1) is 5.10 Å². The Morgan fingerprint density at radius 1 is 1.03 bits per heavy atom. The Kier molecular flexibility index (Phi) is 5.67. The van der Waals surface area contributed by atoms with Crippen molar-refractivity contribution in [2.45, 2.75) is 26.9 Å². The zero-order chi connectivity index (χ0) is 20.2. The van der Waals surface area contributed by atoms with Crippen molar-refractivity contribution in [1.82, 2.24) is 30.0 Å². The topological polar surface area (TPSA) is 67.2 Å². The first-order valence-corrected chi connectivity index (χ1v) is 10.1. The number of hydrogen-bond acceptors (Lipinski definition) is 5. The number of amides is 1. The van der Waals surface area contributed by atoms with E-state index in [9.17, 15) is 4.79 Å². The minimum Gasteiger partial charge on any atom is -0.336 e. The molecule has 0 saturated carbocycles. The average molecular weight is 390 g/mol. The highest BCUT2D eigenvalue weighted by molar-refractivity contribution is 5.95. The van der Waals surface area contributed by atoms with Crippen LogP contribution >= 0.6 is 0 Å². The lowest BCUT2D eigenvalue weighted by atomic mass is 10.1. The van der Waals surface area contributed by atoms with E-state index in [4.69, 9.17) is 0 Å². The van der Waals surface area contributed by atoms with Gasteiger partial charge in [0, 0.05) is 50.4 Å². The summed E-state index contributed by atoms with van der Waals surface area (Å²) in [6.07, 6.45) is 0. The summed E-state index contributed by atoms with van der Waals surface area (Å²) in [6.45, 7) is 9.00. The molecule has 3 aromatic rings. The van der Waals surface area contributed by atoms with Gasteiger partial charge in [0.15, 0.2) is 5.82 Å². The molecule has 7 nitrogen and oxygen atoms in total. The monoisotopic (exact) mass is 390 g/mol. The van der Waals surface area contributed by atoms with Crippen molar-refractivity contribution in [3.63, 3.8) is 0 Å². The number of aryl methyl sites for hydroxylation is 2. The summed E-state index contributed by atoms with van der Waals surface area (Å²) in [7, 11) is 0. The van der Waals surface area contributed by atoms with E-state index in [1.54, 1.807) is 4.68 Å². The number of benzene rings is 2. The quantitative estimate of drug-likeness (QED) is 0.670. The van der Waals surface area contributed by atoms with Crippen molar-refractivity contribution in [2.24, 2.45) is 0 Å². The Labute approximate surface area is 170 Å². The molecule has 0 radical (unpaired) electrons. The van der Waals surface area contributed by atoms with Crippen LogP contribution in [0.1, 0.15) is 28.4 Å². The molecular weight excluding hydrogens is 364 g/mol. The van der Waals surface area contributed by atoms with Gasteiger partial charge in [0.25, 0.3) is 5.91 Å². The second-order valence-electron chi connectivity index (χ2n) is 7.39. The lowest BCUT2D eigenvalue weighted by Crippen LogP contribution is -2.48. The molecule has 0 aliphatic carbocycles. The number of piperazine rings is 1. The molecule has 0 spiro atoms. The van der Waals surface area contributed by atoms with Crippen LogP contribution in [0.25, 0.3) is 11.4 Å². The molecular formula is C22H26N6O. The van der Waals surface area contributed by atoms with E-state index in [0.717, 1.165) is 38.3 Å². The van der Waals surface area contributed by atoms with Crippen LogP contribution in [0.5, 0.6) is 0 Å². The van der Waals surface area contributed by atoms with Gasteiger partial charge < -0.3 is 4.90 Å². The van der Waals surface area contributed by atoms with Gasteiger partial charge in [-0.3, -0.25) is 9.69 Å². The van der Waals surface area contributed by atoms with Crippen molar-refractivity contribution in [3.05, 3.63) is 65.2 Å². The minimum atomic E-state index is 0.0675. The maximum Gasteiger partial charge on any atom is 0.253 e. The molecule has 1 aliphatic rings. The summed E-state index contributed by atoms with van der Waals surface area (Å²) in [6, 6.07) is 16.1. The number of carbonyl (C=O) groups is 1. The molecule has 0 N–H and O–H groups in total. The third-order valence-electron chi connectivity index (χ3n) is 5.51. The predicted molar refractivity (Wildman–Crippen MR) is 111 cm³/mol. The second-order valence-corrected chi connectivity index (χ2v) is 7.39. The Balaban J connectivity index is 1.41. The third-order valence-corrected chi connectivity index (χ3v) is 5.51. The van der Waals surface area contributed by atoms with Crippen molar-refractivity contribution in [1.29, 1.82) is 0 Å². The largest absolute Gasteiger partial charge is 0.336 e. The van der Waals surface area contributed by atoms with Gasteiger partial charge in [-0.05, 0) is 47.5 Å². The van der Waals surface area contributed by atoms with Crippen molar-refractivity contribution < 1.29 is 4.79 Å². The summed E-state index contributed by atoms with van der Waals surface area (Å²) in [5, 5.41) is 11.8. The molecule has 0 unspecified atom stereocenters. The summed E-state index contributed by atoms with van der Waals surface area (Å²) < 4.78 is 1.73. The van der Waals surface area contributed by atoms with Gasteiger partial charge in [0.1, 0.15) is 0 Å². The smallest absolute Gasteiger partial charge is 0.253 e. The van der Waals surface area contributed by atoms with Crippen LogP contribution < -0.4 is 0 Å². The van der Waals surface area contributed by atoms with Crippen LogP contribution in [0.3, 0.4) is 0 Å². The summed E-state index contributed by atoms with van der Waals surface area (Å²) in [4.78, 5) is 17.4. The fourth-order valence-electron chi connectivity index (χ4n) is 3.74. The van der Waals surface area contributed by atoms with Gasteiger partial charge in [-0.2, -0.15) is 0 Å². The lowest BCUT2D eigenvalue weighted by molar-refractivity contribution is 0.0628. The van der Waals surface area contributed by atoms with Crippen LogP contribution in [0.15, 0.2) is 48.5 Å². The number of hydrogen-bond donors (Lipinski definition) is 0. The second kappa shape index (κ2) is 8.53. The lowest BCUT2D eigenvalue weighted by Gasteiger charge is -2.35. The average Bonchev–Trinajstić information content (AvgIpc) is 3.24. The number of carbonyl (C=O) groups excluding carboxylic acids is 1. The molecule has 150 valence electrons. The summed E-state index contributed by atoms with van der Waals surface area (Å²) >= 11 is 0. The molecule has 7 heteroatoms. The van der Waals surface area contributed by atoms with E-state index >= 15 is 0 Å². The molecule has 4 rings (SSSR count). The van der Waals surface area contributed by atoms with E-state index in [1.807, 2.05) is 36.1 Å². The van der Waals surface area contributed by atoms with Gasteiger partial charge in [-0.25, -0.2) is 4.68 Å². The zero-order valence-corrected chi connectivity index (χ0v) is 17.0. The minimum absolute atomic E-state index is 0.0675. The fraction of sp³-hybridized carbons (Fsp3) is 0.364. The molecule has 0 bridgehead atoms. The van der Waals surface area contributed by atoms with Gasteiger partial charge >= 0.3 is 0 Å². The van der Waals surface area contributed by atoms with Gasteiger partial charge in [0.2, 0.25) is 0 Å². The number of aromatic nitrogens is 4. The van der Waals surface area contributed by atoms with E-state index in [2.05, 4.69) is 51.6 Å². The normalized spacial score (nSPS) is 14.9. The standard InChI is InChI=1S/C22H26N6O/c1-3-28-21(23-24-25-28)18-9-6-10-19(15-18)22(29)27-13-11-26(12-14-27)16-20-8-5-4-7-17(20)2/h4-10,15H,3,11-14,16H2,1-2H3. The first-order valence-electron chi connectivity index (χ1n) is 10.1. The van der Waals surface area contributed by atoms with E-state index < -0.39 is 0 Å². The number of rotatable bonds is 5. The molecule has 0 atom stereocenters. The molecule has 1 amide bonds. The van der Waals surface area contributed by atoms with Crippen molar-refractivity contribution in [2.75, 3.05) is 26.2 Å². The highest BCUT2D eigenvalue weighted by atomic mass is 16.2.